The zero-order valence-electron chi connectivity index (χ0n) is 10.5. The number of amides is 1. The van der Waals surface area contributed by atoms with Crippen LogP contribution in [-0.2, 0) is 11.3 Å². The highest BCUT2D eigenvalue weighted by Crippen LogP contribution is 2.14. The van der Waals surface area contributed by atoms with Gasteiger partial charge in [0.1, 0.15) is 12.8 Å². The van der Waals surface area contributed by atoms with Gasteiger partial charge in [0.05, 0.1) is 6.54 Å². The largest absolute Gasteiger partial charge is 0.445 e. The molecule has 2 atom stereocenters. The van der Waals surface area contributed by atoms with E-state index in [1.807, 2.05) is 30.3 Å². The van der Waals surface area contributed by atoms with Crippen molar-refractivity contribution in [2.75, 3.05) is 13.1 Å². The normalized spacial score (nSPS) is 22.5. The highest BCUT2D eigenvalue weighted by Gasteiger charge is 2.29. The predicted octanol–water partition coefficient (Wildman–Crippen LogP) is 2.12. The zero-order chi connectivity index (χ0) is 13.0. The molecule has 1 amide bonds. The summed E-state index contributed by atoms with van der Waals surface area (Å²) in [5.74, 6) is 0. The minimum Gasteiger partial charge on any atom is -0.445 e. The molecule has 1 fully saturated rings. The fraction of sp³-hybridized carbons (Fsp3) is 0.462. The van der Waals surface area contributed by atoms with E-state index in [-0.39, 0.29) is 25.6 Å². The van der Waals surface area contributed by atoms with Crippen LogP contribution in [0.25, 0.3) is 0 Å². The highest BCUT2D eigenvalue weighted by molar-refractivity contribution is 5.85. The number of halogens is 2. The molecule has 4 nitrogen and oxygen atoms in total. The topological polar surface area (TPSA) is 55.6 Å². The minimum atomic E-state index is -1.16. The Morgan fingerprint density at radius 2 is 2.11 bits per heavy atom. The van der Waals surface area contributed by atoms with Gasteiger partial charge in [0, 0.05) is 12.6 Å². The lowest BCUT2D eigenvalue weighted by Gasteiger charge is -2.32. The number of piperidine rings is 1. The van der Waals surface area contributed by atoms with E-state index in [4.69, 9.17) is 10.5 Å². The average molecular weight is 289 g/mol. The molecule has 0 spiro atoms. The van der Waals surface area contributed by atoms with Crippen molar-refractivity contribution in [3.8, 4) is 0 Å². The Kier molecular flexibility index (Phi) is 6.05. The number of nitrogens with two attached hydrogens (primary N) is 1. The number of likely N-dealkylation sites (tertiary alicyclic amines) is 1. The molecule has 0 aliphatic carbocycles. The quantitative estimate of drug-likeness (QED) is 0.907. The Bertz CT molecular complexity index is 405. The van der Waals surface area contributed by atoms with Crippen LogP contribution in [0, 0.1) is 0 Å². The number of carbonyl (C=O) groups excluding carboxylic acids is 1. The van der Waals surface area contributed by atoms with Gasteiger partial charge in [0.15, 0.2) is 0 Å². The molecular weight excluding hydrogens is 271 g/mol. The number of ether oxygens (including phenoxy) is 1. The molecule has 0 radical (unpaired) electrons. The maximum atomic E-state index is 13.4. The first-order valence-corrected chi connectivity index (χ1v) is 6.02. The second-order valence-corrected chi connectivity index (χ2v) is 4.45. The molecule has 1 aromatic rings. The van der Waals surface area contributed by atoms with Crippen molar-refractivity contribution in [2.45, 2.75) is 25.2 Å². The molecule has 6 heteroatoms. The van der Waals surface area contributed by atoms with Gasteiger partial charge in [-0.05, 0) is 12.0 Å². The molecule has 1 aromatic carbocycles. The standard InChI is InChI=1S/C13H17FN2O2.ClH/c14-11-8-16(7-6-12(11)15)13(17)18-9-10-4-2-1-3-5-10;/h1-5,11-12H,6-9,15H2;1H/t11-,12-;/m0./s1. The Morgan fingerprint density at radius 1 is 1.42 bits per heavy atom. The lowest BCUT2D eigenvalue weighted by Crippen LogP contribution is -2.50. The van der Waals surface area contributed by atoms with Crippen molar-refractivity contribution < 1.29 is 13.9 Å². The van der Waals surface area contributed by atoms with E-state index >= 15 is 0 Å². The van der Waals surface area contributed by atoms with Gasteiger partial charge in [-0.1, -0.05) is 30.3 Å². The lowest BCUT2D eigenvalue weighted by molar-refractivity contribution is 0.0660. The molecule has 1 saturated heterocycles. The summed E-state index contributed by atoms with van der Waals surface area (Å²) >= 11 is 0. The lowest BCUT2D eigenvalue weighted by atomic mass is 10.1. The van der Waals surface area contributed by atoms with E-state index in [0.717, 1.165) is 5.56 Å². The van der Waals surface area contributed by atoms with Crippen molar-refractivity contribution in [3.63, 3.8) is 0 Å². The zero-order valence-corrected chi connectivity index (χ0v) is 11.3. The second kappa shape index (κ2) is 7.31. The van der Waals surface area contributed by atoms with Crippen molar-refractivity contribution in [2.24, 2.45) is 5.73 Å². The average Bonchev–Trinajstić information content (AvgIpc) is 2.40. The first kappa shape index (κ1) is 15.7. The summed E-state index contributed by atoms with van der Waals surface area (Å²) < 4.78 is 18.5. The molecule has 0 saturated carbocycles. The second-order valence-electron chi connectivity index (χ2n) is 4.45. The van der Waals surface area contributed by atoms with Crippen LogP contribution in [0.2, 0.25) is 0 Å². The fourth-order valence-electron chi connectivity index (χ4n) is 1.90. The van der Waals surface area contributed by atoms with Gasteiger partial charge in [-0.15, -0.1) is 12.4 Å². The van der Waals surface area contributed by atoms with E-state index in [1.165, 1.54) is 4.90 Å². The Labute approximate surface area is 118 Å². The van der Waals surface area contributed by atoms with Crippen LogP contribution >= 0.6 is 12.4 Å². The van der Waals surface area contributed by atoms with Gasteiger partial charge in [0.25, 0.3) is 0 Å². The van der Waals surface area contributed by atoms with Gasteiger partial charge in [-0.3, -0.25) is 0 Å². The van der Waals surface area contributed by atoms with Crippen molar-refractivity contribution in [1.29, 1.82) is 0 Å². The molecule has 2 N–H and O–H groups in total. The molecule has 106 valence electrons. The van der Waals surface area contributed by atoms with E-state index < -0.39 is 18.3 Å². The number of nitrogens with zero attached hydrogens (tertiary/aromatic N) is 1. The highest BCUT2D eigenvalue weighted by atomic mass is 35.5. The molecule has 1 aliphatic rings. The minimum absolute atomic E-state index is 0. The summed E-state index contributed by atoms with van der Waals surface area (Å²) in [7, 11) is 0. The third-order valence-corrected chi connectivity index (χ3v) is 3.06. The molecule has 19 heavy (non-hydrogen) atoms. The molecule has 1 aliphatic heterocycles. The summed E-state index contributed by atoms with van der Waals surface area (Å²) in [5, 5.41) is 0. The first-order valence-electron chi connectivity index (χ1n) is 6.02. The van der Waals surface area contributed by atoms with Crippen LogP contribution in [0.4, 0.5) is 9.18 Å². The number of benzene rings is 1. The molecule has 0 unspecified atom stereocenters. The van der Waals surface area contributed by atoms with Gasteiger partial charge < -0.3 is 15.4 Å². The van der Waals surface area contributed by atoms with Crippen LogP contribution in [-0.4, -0.2) is 36.3 Å². The monoisotopic (exact) mass is 288 g/mol. The molecular formula is C13H18ClFN2O2. The fourth-order valence-corrected chi connectivity index (χ4v) is 1.90. The Morgan fingerprint density at radius 3 is 2.74 bits per heavy atom. The van der Waals surface area contributed by atoms with E-state index in [9.17, 15) is 9.18 Å². The number of hydrogen-bond donors (Lipinski definition) is 1. The van der Waals surface area contributed by atoms with E-state index in [2.05, 4.69) is 0 Å². The van der Waals surface area contributed by atoms with E-state index in [1.54, 1.807) is 0 Å². The maximum Gasteiger partial charge on any atom is 0.410 e. The molecule has 0 bridgehead atoms. The summed E-state index contributed by atoms with van der Waals surface area (Å²) in [5.41, 5.74) is 6.47. The number of rotatable bonds is 2. The number of alkyl halides is 1. The van der Waals surface area contributed by atoms with Gasteiger partial charge in [-0.2, -0.15) is 0 Å². The molecule has 1 heterocycles. The third-order valence-electron chi connectivity index (χ3n) is 3.06. The SMILES string of the molecule is Cl.N[C@H]1CCN(C(=O)OCc2ccccc2)C[C@@H]1F. The van der Waals surface area contributed by atoms with Crippen LogP contribution in [0.5, 0.6) is 0 Å². The van der Waals surface area contributed by atoms with Crippen molar-refractivity contribution >= 4 is 18.5 Å². The first-order chi connectivity index (χ1) is 8.66. The van der Waals surface area contributed by atoms with E-state index in [0.29, 0.717) is 13.0 Å². The summed E-state index contributed by atoms with van der Waals surface area (Å²) in [4.78, 5) is 13.1. The van der Waals surface area contributed by atoms with Crippen LogP contribution in [0.15, 0.2) is 30.3 Å². The number of hydrogen-bond acceptors (Lipinski definition) is 3. The molecule has 0 aromatic heterocycles. The van der Waals surface area contributed by atoms with Crippen molar-refractivity contribution in [1.82, 2.24) is 4.90 Å². The van der Waals surface area contributed by atoms with Crippen molar-refractivity contribution in [3.05, 3.63) is 35.9 Å². The number of carbonyl (C=O) groups is 1. The van der Waals surface area contributed by atoms with Gasteiger partial charge in [-0.25, -0.2) is 9.18 Å². The summed E-state index contributed by atoms with van der Waals surface area (Å²) in [6.07, 6.45) is -1.17. The Balaban J connectivity index is 0.00000180. The van der Waals surface area contributed by atoms with Gasteiger partial charge in [0.2, 0.25) is 0 Å². The van der Waals surface area contributed by atoms with Gasteiger partial charge >= 0.3 is 6.09 Å². The third kappa shape index (κ3) is 4.36. The Hall–Kier alpha value is -1.33. The van der Waals surface area contributed by atoms with Crippen LogP contribution in [0.1, 0.15) is 12.0 Å². The predicted molar refractivity (Wildman–Crippen MR) is 72.9 cm³/mol. The van der Waals surface area contributed by atoms with Crippen LogP contribution in [0.3, 0.4) is 0 Å². The molecule has 2 rings (SSSR count). The summed E-state index contributed by atoms with van der Waals surface area (Å²) in [6, 6.07) is 8.92. The smallest absolute Gasteiger partial charge is 0.410 e. The maximum absolute atomic E-state index is 13.4. The summed E-state index contributed by atoms with van der Waals surface area (Å²) in [6.45, 7) is 0.684. The van der Waals surface area contributed by atoms with Crippen LogP contribution < -0.4 is 5.73 Å².